The SMILES string of the molecule is O=C1S/C(=C\c2cc(I)c(OCc3ccc(F)cc3)c(I)c2)C(=O)N1CCOc1ccc(F)cc1. The van der Waals surface area contributed by atoms with Crippen molar-refractivity contribution in [2.75, 3.05) is 13.2 Å². The number of thioether (sulfide) groups is 1. The van der Waals surface area contributed by atoms with Gasteiger partial charge in [0.15, 0.2) is 0 Å². The van der Waals surface area contributed by atoms with Crippen LogP contribution < -0.4 is 9.47 Å². The Balaban J connectivity index is 1.40. The van der Waals surface area contributed by atoms with Crippen molar-refractivity contribution in [3.63, 3.8) is 0 Å². The van der Waals surface area contributed by atoms with Crippen molar-refractivity contribution >= 4 is 74.2 Å². The number of carbonyl (C=O) groups is 2. The van der Waals surface area contributed by atoms with E-state index in [2.05, 4.69) is 45.2 Å². The van der Waals surface area contributed by atoms with Crippen LogP contribution in [0.15, 0.2) is 65.6 Å². The zero-order chi connectivity index (χ0) is 24.9. The molecule has 35 heavy (non-hydrogen) atoms. The Morgan fingerprint density at radius 2 is 1.49 bits per heavy atom. The molecule has 4 rings (SSSR count). The second kappa shape index (κ2) is 11.7. The van der Waals surface area contributed by atoms with Crippen LogP contribution in [0, 0.1) is 18.8 Å². The Labute approximate surface area is 232 Å². The fraction of sp³-hybridized carbons (Fsp3) is 0.120. The van der Waals surface area contributed by atoms with E-state index in [0.717, 1.165) is 34.9 Å². The molecule has 0 N–H and O–H groups in total. The molecule has 0 radical (unpaired) electrons. The summed E-state index contributed by atoms with van der Waals surface area (Å²) in [6.07, 6.45) is 1.68. The highest BCUT2D eigenvalue weighted by molar-refractivity contribution is 14.1. The highest BCUT2D eigenvalue weighted by Crippen LogP contribution is 2.35. The number of carbonyl (C=O) groups excluding carboxylic acids is 2. The molecule has 1 heterocycles. The molecule has 5 nitrogen and oxygen atoms in total. The molecule has 1 saturated heterocycles. The van der Waals surface area contributed by atoms with Gasteiger partial charge in [0, 0.05) is 0 Å². The maximum atomic E-state index is 13.1. The van der Waals surface area contributed by atoms with Gasteiger partial charge < -0.3 is 9.47 Å². The monoisotopic (exact) mass is 719 g/mol. The zero-order valence-electron chi connectivity index (χ0n) is 18.0. The predicted molar refractivity (Wildman–Crippen MR) is 147 cm³/mol. The van der Waals surface area contributed by atoms with E-state index < -0.39 is 0 Å². The summed E-state index contributed by atoms with van der Waals surface area (Å²) in [5.41, 5.74) is 1.61. The third-order valence-electron chi connectivity index (χ3n) is 4.89. The van der Waals surface area contributed by atoms with Crippen LogP contribution >= 0.6 is 56.9 Å². The van der Waals surface area contributed by atoms with Gasteiger partial charge in [0.2, 0.25) is 0 Å². The highest BCUT2D eigenvalue weighted by atomic mass is 127. The van der Waals surface area contributed by atoms with Gasteiger partial charge >= 0.3 is 0 Å². The summed E-state index contributed by atoms with van der Waals surface area (Å²) in [5.74, 6) is 0.0974. The molecule has 10 heteroatoms. The topological polar surface area (TPSA) is 55.8 Å². The number of ether oxygens (including phenoxy) is 2. The van der Waals surface area contributed by atoms with Gasteiger partial charge in [0.05, 0.1) is 18.6 Å². The van der Waals surface area contributed by atoms with Crippen LogP contribution in [0.2, 0.25) is 0 Å². The van der Waals surface area contributed by atoms with Gasteiger partial charge in [-0.25, -0.2) is 8.78 Å². The molecule has 0 spiro atoms. The standard InChI is InChI=1S/C25H17F2I2NO4S/c26-17-3-1-15(2-4-17)14-34-23-20(28)11-16(12-21(23)29)13-22-24(31)30(25(32)35-22)9-10-33-19-7-5-18(27)6-8-19/h1-8,11-13H,9-10,14H2/b22-13-. The lowest BCUT2D eigenvalue weighted by Gasteiger charge is -2.13. The predicted octanol–water partition coefficient (Wildman–Crippen LogP) is 6.87. The van der Waals surface area contributed by atoms with E-state index in [4.69, 9.17) is 9.47 Å². The Bertz CT molecular complexity index is 1260. The van der Waals surface area contributed by atoms with E-state index in [-0.39, 0.29) is 35.9 Å². The number of nitrogens with zero attached hydrogens (tertiary/aromatic N) is 1. The van der Waals surface area contributed by atoms with Crippen LogP contribution in [0.1, 0.15) is 11.1 Å². The maximum Gasteiger partial charge on any atom is 0.293 e. The van der Waals surface area contributed by atoms with Gasteiger partial charge in [-0.15, -0.1) is 0 Å². The Morgan fingerprint density at radius 1 is 0.886 bits per heavy atom. The molecule has 0 saturated carbocycles. The first kappa shape index (κ1) is 25.9. The molecule has 3 aromatic carbocycles. The van der Waals surface area contributed by atoms with Crippen molar-refractivity contribution in [1.29, 1.82) is 0 Å². The number of benzene rings is 3. The van der Waals surface area contributed by atoms with E-state index in [1.165, 1.54) is 36.4 Å². The molecule has 3 aromatic rings. The molecular weight excluding hydrogens is 702 g/mol. The lowest BCUT2D eigenvalue weighted by Crippen LogP contribution is -2.32. The second-order valence-corrected chi connectivity index (χ2v) is 10.7. The van der Waals surface area contributed by atoms with Crippen molar-refractivity contribution in [2.24, 2.45) is 0 Å². The first-order chi connectivity index (χ1) is 16.8. The molecule has 0 aliphatic carbocycles. The minimum atomic E-state index is -0.385. The third-order valence-corrected chi connectivity index (χ3v) is 7.40. The fourth-order valence-electron chi connectivity index (χ4n) is 3.17. The minimum absolute atomic E-state index is 0.0879. The Kier molecular flexibility index (Phi) is 8.65. The average molecular weight is 719 g/mol. The summed E-state index contributed by atoms with van der Waals surface area (Å²) in [6.45, 7) is 0.488. The molecule has 0 atom stereocenters. The molecule has 1 fully saturated rings. The average Bonchev–Trinajstić information content (AvgIpc) is 3.08. The molecule has 1 aliphatic rings. The van der Waals surface area contributed by atoms with Crippen LogP contribution in [0.3, 0.4) is 0 Å². The summed E-state index contributed by atoms with van der Waals surface area (Å²) in [4.78, 5) is 26.6. The molecule has 0 aromatic heterocycles. The Hall–Kier alpha value is -2.19. The van der Waals surface area contributed by atoms with Gasteiger partial charge in [-0.05, 0) is 123 Å². The summed E-state index contributed by atoms with van der Waals surface area (Å²) in [6, 6.07) is 15.4. The van der Waals surface area contributed by atoms with Crippen molar-refractivity contribution in [3.8, 4) is 11.5 Å². The highest BCUT2D eigenvalue weighted by Gasteiger charge is 2.34. The first-order valence-corrected chi connectivity index (χ1v) is 13.3. The second-order valence-electron chi connectivity index (χ2n) is 7.36. The minimum Gasteiger partial charge on any atom is -0.492 e. The Morgan fingerprint density at radius 3 is 2.11 bits per heavy atom. The lowest BCUT2D eigenvalue weighted by atomic mass is 10.2. The number of rotatable bonds is 8. The molecule has 180 valence electrons. The van der Waals surface area contributed by atoms with Crippen LogP contribution in [0.5, 0.6) is 11.5 Å². The summed E-state index contributed by atoms with van der Waals surface area (Å²) < 4.78 is 39.2. The number of hydrogen-bond acceptors (Lipinski definition) is 5. The molecular formula is C25H17F2I2NO4S. The van der Waals surface area contributed by atoms with Crippen LogP contribution in [0.25, 0.3) is 6.08 Å². The summed E-state index contributed by atoms with van der Waals surface area (Å²) >= 11 is 5.19. The summed E-state index contributed by atoms with van der Waals surface area (Å²) in [5, 5.41) is -0.368. The third kappa shape index (κ3) is 6.73. The molecule has 0 bridgehead atoms. The van der Waals surface area contributed by atoms with Gasteiger partial charge in [-0.3, -0.25) is 14.5 Å². The largest absolute Gasteiger partial charge is 0.492 e. The maximum absolute atomic E-state index is 13.1. The van der Waals surface area contributed by atoms with Crippen LogP contribution in [-0.2, 0) is 11.4 Å². The van der Waals surface area contributed by atoms with E-state index in [0.29, 0.717) is 23.0 Å². The van der Waals surface area contributed by atoms with Crippen LogP contribution in [-0.4, -0.2) is 29.2 Å². The van der Waals surface area contributed by atoms with Crippen molar-refractivity contribution in [2.45, 2.75) is 6.61 Å². The van der Waals surface area contributed by atoms with Gasteiger partial charge in [-0.2, -0.15) is 0 Å². The van der Waals surface area contributed by atoms with E-state index in [1.807, 2.05) is 12.1 Å². The molecule has 1 aliphatic heterocycles. The van der Waals surface area contributed by atoms with Crippen molar-refractivity contribution in [3.05, 3.63) is 95.5 Å². The van der Waals surface area contributed by atoms with Gasteiger partial charge in [-0.1, -0.05) is 12.1 Å². The van der Waals surface area contributed by atoms with E-state index in [9.17, 15) is 18.4 Å². The number of imide groups is 1. The smallest absolute Gasteiger partial charge is 0.293 e. The van der Waals surface area contributed by atoms with E-state index in [1.54, 1.807) is 18.2 Å². The number of hydrogen-bond donors (Lipinski definition) is 0. The van der Waals surface area contributed by atoms with Gasteiger partial charge in [0.25, 0.3) is 11.1 Å². The zero-order valence-corrected chi connectivity index (χ0v) is 23.1. The number of halogens is 4. The van der Waals surface area contributed by atoms with Crippen molar-refractivity contribution < 1.29 is 27.8 Å². The normalized spacial score (nSPS) is 14.6. The van der Waals surface area contributed by atoms with E-state index >= 15 is 0 Å². The number of amides is 2. The molecule has 2 amide bonds. The first-order valence-electron chi connectivity index (χ1n) is 10.3. The van der Waals surface area contributed by atoms with Crippen LogP contribution in [0.4, 0.5) is 13.6 Å². The van der Waals surface area contributed by atoms with Crippen molar-refractivity contribution in [1.82, 2.24) is 4.90 Å². The molecule has 0 unspecified atom stereocenters. The fourth-order valence-corrected chi connectivity index (χ4v) is 6.16. The quantitative estimate of drug-likeness (QED) is 0.188. The summed E-state index contributed by atoms with van der Waals surface area (Å²) in [7, 11) is 0. The lowest BCUT2D eigenvalue weighted by molar-refractivity contribution is -0.123. The van der Waals surface area contributed by atoms with Gasteiger partial charge in [0.1, 0.15) is 36.3 Å².